The van der Waals surface area contributed by atoms with E-state index in [1.165, 1.54) is 60.7 Å². The number of anilines is 2. The highest BCUT2D eigenvalue weighted by Crippen LogP contribution is 2.31. The van der Waals surface area contributed by atoms with Crippen LogP contribution in [0.3, 0.4) is 0 Å². The third-order valence-corrected chi connectivity index (χ3v) is 6.82. The Kier molecular flexibility index (Phi) is 6.72. The van der Waals surface area contributed by atoms with Crippen molar-refractivity contribution < 1.29 is 13.2 Å². The molecule has 6 nitrogen and oxygen atoms in total. The zero-order chi connectivity index (χ0) is 20.1. The summed E-state index contributed by atoms with van der Waals surface area (Å²) in [5, 5.41) is 0.773. The number of carbonyl (C=O) groups excluding carboxylic acids is 1. The molecule has 1 aromatic carbocycles. The first-order valence-corrected chi connectivity index (χ1v) is 12.5. The van der Waals surface area contributed by atoms with Crippen molar-refractivity contribution in [3.63, 3.8) is 0 Å². The summed E-state index contributed by atoms with van der Waals surface area (Å²) in [4.78, 5) is 23.6. The summed E-state index contributed by atoms with van der Waals surface area (Å²) in [6.45, 7) is 0. The monoisotopic (exact) mass is 419 g/mol. The second-order valence-corrected chi connectivity index (χ2v) is 9.94. The minimum absolute atomic E-state index is 0.0507. The Hall–Kier alpha value is -1.93. The van der Waals surface area contributed by atoms with Crippen molar-refractivity contribution in [2.24, 2.45) is 5.92 Å². The standard InChI is InChI=1S/C20H25N3O3S2/c1-27-19-14-21-18(13-22-19)23(20(24)12-7-15-5-3-4-6-15)16-8-10-17(11-9-16)28(2,25)26/h8-11,13-15H,3-7,12H2,1-2H3. The molecular formula is C20H25N3O3S2. The normalized spacial score (nSPS) is 14.9. The molecule has 1 heterocycles. The Morgan fingerprint density at radius 1 is 1.14 bits per heavy atom. The number of aromatic nitrogens is 2. The second-order valence-electron chi connectivity index (χ2n) is 7.10. The summed E-state index contributed by atoms with van der Waals surface area (Å²) in [6, 6.07) is 6.33. The van der Waals surface area contributed by atoms with Crippen LogP contribution in [0.1, 0.15) is 38.5 Å². The van der Waals surface area contributed by atoms with Gasteiger partial charge in [0.1, 0.15) is 5.03 Å². The third kappa shape index (κ3) is 5.11. The molecule has 1 fully saturated rings. The predicted octanol–water partition coefficient (Wildman–Crippen LogP) is 4.24. The highest BCUT2D eigenvalue weighted by molar-refractivity contribution is 7.98. The van der Waals surface area contributed by atoms with E-state index in [1.54, 1.807) is 24.5 Å². The van der Waals surface area contributed by atoms with Crippen LogP contribution < -0.4 is 4.90 Å². The molecule has 3 rings (SSSR count). The fourth-order valence-electron chi connectivity index (χ4n) is 3.52. The quantitative estimate of drug-likeness (QED) is 0.625. The topological polar surface area (TPSA) is 80.2 Å². The number of hydrogen-bond donors (Lipinski definition) is 0. The maximum Gasteiger partial charge on any atom is 0.232 e. The van der Waals surface area contributed by atoms with Crippen LogP contribution in [0.25, 0.3) is 0 Å². The summed E-state index contributed by atoms with van der Waals surface area (Å²) < 4.78 is 23.5. The smallest absolute Gasteiger partial charge is 0.232 e. The lowest BCUT2D eigenvalue weighted by Gasteiger charge is -2.22. The first kappa shape index (κ1) is 20.8. The molecule has 0 unspecified atom stereocenters. The summed E-state index contributed by atoms with van der Waals surface area (Å²) in [5.74, 6) is 1.01. The van der Waals surface area contributed by atoms with Gasteiger partial charge in [-0.15, -0.1) is 11.8 Å². The van der Waals surface area contributed by atoms with E-state index in [0.717, 1.165) is 11.4 Å². The average Bonchev–Trinajstić information content (AvgIpc) is 3.20. The van der Waals surface area contributed by atoms with Crippen molar-refractivity contribution >= 4 is 39.0 Å². The van der Waals surface area contributed by atoms with Gasteiger partial charge in [0.25, 0.3) is 0 Å². The zero-order valence-corrected chi connectivity index (χ0v) is 17.8. The van der Waals surface area contributed by atoms with Gasteiger partial charge in [0.2, 0.25) is 5.91 Å². The molecule has 0 radical (unpaired) electrons. The Morgan fingerprint density at radius 2 is 1.82 bits per heavy atom. The minimum atomic E-state index is -3.29. The lowest BCUT2D eigenvalue weighted by Crippen LogP contribution is -2.27. The summed E-state index contributed by atoms with van der Waals surface area (Å²) in [7, 11) is -3.29. The van der Waals surface area contributed by atoms with E-state index < -0.39 is 9.84 Å². The Balaban J connectivity index is 1.87. The van der Waals surface area contributed by atoms with Crippen LogP contribution in [0, 0.1) is 5.92 Å². The van der Waals surface area contributed by atoms with Crippen molar-refractivity contribution in [1.82, 2.24) is 9.97 Å². The average molecular weight is 420 g/mol. The van der Waals surface area contributed by atoms with E-state index in [4.69, 9.17) is 0 Å². The van der Waals surface area contributed by atoms with Crippen molar-refractivity contribution in [2.75, 3.05) is 17.4 Å². The van der Waals surface area contributed by atoms with Gasteiger partial charge < -0.3 is 0 Å². The van der Waals surface area contributed by atoms with E-state index in [9.17, 15) is 13.2 Å². The van der Waals surface area contributed by atoms with Crippen LogP contribution in [-0.2, 0) is 14.6 Å². The largest absolute Gasteiger partial charge is 0.274 e. The lowest BCUT2D eigenvalue weighted by atomic mass is 10.0. The maximum atomic E-state index is 13.1. The number of benzene rings is 1. The van der Waals surface area contributed by atoms with Crippen molar-refractivity contribution in [3.05, 3.63) is 36.7 Å². The number of nitrogens with zero attached hydrogens (tertiary/aromatic N) is 3. The molecule has 8 heteroatoms. The van der Waals surface area contributed by atoms with Crippen LogP contribution >= 0.6 is 11.8 Å². The van der Waals surface area contributed by atoms with E-state index >= 15 is 0 Å². The first-order valence-electron chi connectivity index (χ1n) is 9.37. The van der Waals surface area contributed by atoms with E-state index in [-0.39, 0.29) is 10.8 Å². The Labute approximate surface area is 170 Å². The fourth-order valence-corrected chi connectivity index (χ4v) is 4.46. The molecule has 0 saturated heterocycles. The molecule has 0 N–H and O–H groups in total. The van der Waals surface area contributed by atoms with Crippen molar-refractivity contribution in [2.45, 2.75) is 48.4 Å². The van der Waals surface area contributed by atoms with Gasteiger partial charge in [-0.2, -0.15) is 0 Å². The van der Waals surface area contributed by atoms with Gasteiger partial charge in [0.15, 0.2) is 15.7 Å². The number of hydrogen-bond acceptors (Lipinski definition) is 6. The fraction of sp³-hybridized carbons (Fsp3) is 0.450. The highest BCUT2D eigenvalue weighted by atomic mass is 32.2. The molecule has 1 amide bonds. The molecule has 1 aliphatic carbocycles. The predicted molar refractivity (Wildman–Crippen MR) is 112 cm³/mol. The van der Waals surface area contributed by atoms with Crippen LogP contribution in [0.2, 0.25) is 0 Å². The van der Waals surface area contributed by atoms with Gasteiger partial charge in [-0.05, 0) is 42.9 Å². The molecule has 0 bridgehead atoms. The van der Waals surface area contributed by atoms with Gasteiger partial charge in [-0.1, -0.05) is 25.7 Å². The minimum Gasteiger partial charge on any atom is -0.274 e. The van der Waals surface area contributed by atoms with Gasteiger partial charge >= 0.3 is 0 Å². The van der Waals surface area contributed by atoms with E-state index in [0.29, 0.717) is 23.8 Å². The van der Waals surface area contributed by atoms with Crippen LogP contribution in [0.4, 0.5) is 11.5 Å². The van der Waals surface area contributed by atoms with Gasteiger partial charge in [-0.3, -0.25) is 9.69 Å². The van der Waals surface area contributed by atoms with Crippen LogP contribution in [0.15, 0.2) is 46.6 Å². The van der Waals surface area contributed by atoms with E-state index in [1.807, 2.05) is 6.26 Å². The zero-order valence-electron chi connectivity index (χ0n) is 16.2. The van der Waals surface area contributed by atoms with Crippen molar-refractivity contribution in [3.8, 4) is 0 Å². The molecule has 150 valence electrons. The number of amides is 1. The highest BCUT2D eigenvalue weighted by Gasteiger charge is 2.23. The molecule has 1 aliphatic rings. The lowest BCUT2D eigenvalue weighted by molar-refractivity contribution is -0.118. The molecule has 0 aliphatic heterocycles. The number of carbonyl (C=O) groups is 1. The molecule has 1 saturated carbocycles. The van der Waals surface area contributed by atoms with Crippen molar-refractivity contribution in [1.29, 1.82) is 0 Å². The number of thioether (sulfide) groups is 1. The third-order valence-electron chi connectivity index (χ3n) is 5.07. The van der Waals surface area contributed by atoms with Gasteiger partial charge in [-0.25, -0.2) is 18.4 Å². The molecule has 1 aromatic heterocycles. The first-order chi connectivity index (χ1) is 13.4. The maximum absolute atomic E-state index is 13.1. The Morgan fingerprint density at radius 3 is 2.36 bits per heavy atom. The summed E-state index contributed by atoms with van der Waals surface area (Å²) >= 11 is 1.48. The van der Waals surface area contributed by atoms with Crippen LogP contribution in [-0.4, -0.2) is 36.8 Å². The van der Waals surface area contributed by atoms with Gasteiger partial charge in [0.05, 0.1) is 23.0 Å². The molecular weight excluding hydrogens is 394 g/mol. The summed E-state index contributed by atoms with van der Waals surface area (Å²) in [6.07, 6.45) is 12.5. The van der Waals surface area contributed by atoms with Gasteiger partial charge in [0, 0.05) is 12.7 Å². The SMILES string of the molecule is CSc1cnc(N(C(=O)CCC2CCCC2)c2ccc(S(C)(=O)=O)cc2)cn1. The van der Waals surface area contributed by atoms with Crippen LogP contribution in [0.5, 0.6) is 0 Å². The van der Waals surface area contributed by atoms with E-state index in [2.05, 4.69) is 9.97 Å². The number of rotatable bonds is 7. The Bertz CT molecular complexity index is 907. The molecule has 0 spiro atoms. The molecule has 28 heavy (non-hydrogen) atoms. The summed E-state index contributed by atoms with van der Waals surface area (Å²) in [5.41, 5.74) is 0.593. The number of sulfone groups is 1. The molecule has 0 atom stereocenters. The molecule has 2 aromatic rings. The second kappa shape index (κ2) is 9.05.